The molecule has 90 valence electrons. The van der Waals surface area contributed by atoms with Crippen molar-refractivity contribution in [2.24, 2.45) is 5.92 Å². The molecule has 0 amide bonds. The fourth-order valence-electron chi connectivity index (χ4n) is 2.38. The van der Waals surface area contributed by atoms with Crippen LogP contribution < -0.4 is 0 Å². The average Bonchev–Trinajstić information content (AvgIpc) is 2.57. The van der Waals surface area contributed by atoms with E-state index in [4.69, 9.17) is 9.47 Å². The van der Waals surface area contributed by atoms with Gasteiger partial charge in [-0.15, -0.1) is 0 Å². The van der Waals surface area contributed by atoms with Gasteiger partial charge in [-0.25, -0.2) is 0 Å². The van der Waals surface area contributed by atoms with Crippen molar-refractivity contribution in [2.75, 3.05) is 24.7 Å². The third-order valence-electron chi connectivity index (χ3n) is 3.11. The van der Waals surface area contributed by atoms with Crippen LogP contribution in [0.25, 0.3) is 0 Å². The highest BCUT2D eigenvalue weighted by Gasteiger charge is 2.54. The molecule has 0 aromatic rings. The third kappa shape index (κ3) is 1.98. The molecule has 2 saturated heterocycles. The predicted octanol–water partition coefficient (Wildman–Crippen LogP) is 1.03. The molecule has 0 aromatic heterocycles. The van der Waals surface area contributed by atoms with Crippen LogP contribution in [0.1, 0.15) is 19.8 Å². The van der Waals surface area contributed by atoms with E-state index in [9.17, 15) is 9.59 Å². The van der Waals surface area contributed by atoms with E-state index in [0.717, 1.165) is 24.3 Å². The lowest BCUT2D eigenvalue weighted by atomic mass is 9.84. The molecule has 0 N–H and O–H groups in total. The van der Waals surface area contributed by atoms with Gasteiger partial charge in [0.05, 0.1) is 12.2 Å². The standard InChI is InChI=1S/C11H16O4S/c1-2-14-10(13)9-8(12)6-15-11(9)4-3-5-16-7-11/h9H,2-7H2,1H3. The smallest absolute Gasteiger partial charge is 0.319 e. The zero-order chi connectivity index (χ0) is 11.6. The first-order valence-corrected chi connectivity index (χ1v) is 6.76. The summed E-state index contributed by atoms with van der Waals surface area (Å²) in [5.74, 6) is 0.575. The number of carbonyl (C=O) groups is 2. The maximum Gasteiger partial charge on any atom is 0.319 e. The Balaban J connectivity index is 2.17. The van der Waals surface area contributed by atoms with Gasteiger partial charge in [0.1, 0.15) is 12.5 Å². The molecule has 0 aliphatic carbocycles. The Morgan fingerprint density at radius 3 is 3.12 bits per heavy atom. The molecule has 4 nitrogen and oxygen atoms in total. The van der Waals surface area contributed by atoms with E-state index < -0.39 is 17.5 Å². The number of hydrogen-bond donors (Lipinski definition) is 0. The van der Waals surface area contributed by atoms with Crippen LogP contribution in [0, 0.1) is 5.92 Å². The highest BCUT2D eigenvalue weighted by molar-refractivity contribution is 7.99. The minimum atomic E-state index is -0.694. The quantitative estimate of drug-likeness (QED) is 0.536. The summed E-state index contributed by atoms with van der Waals surface area (Å²) in [6, 6.07) is 0. The lowest BCUT2D eigenvalue weighted by molar-refractivity contribution is -0.155. The number of carbonyl (C=O) groups excluding carboxylic acids is 2. The fraction of sp³-hybridized carbons (Fsp3) is 0.818. The summed E-state index contributed by atoms with van der Waals surface area (Å²) in [7, 11) is 0. The van der Waals surface area contributed by atoms with Gasteiger partial charge in [-0.2, -0.15) is 11.8 Å². The first-order valence-electron chi connectivity index (χ1n) is 5.60. The molecule has 2 unspecified atom stereocenters. The zero-order valence-electron chi connectivity index (χ0n) is 9.36. The van der Waals surface area contributed by atoms with Gasteiger partial charge in [-0.05, 0) is 25.5 Å². The number of thioether (sulfide) groups is 1. The van der Waals surface area contributed by atoms with Crippen LogP contribution in [-0.4, -0.2) is 42.1 Å². The predicted molar refractivity (Wildman–Crippen MR) is 60.4 cm³/mol. The maximum atomic E-state index is 11.8. The Hall–Kier alpha value is -0.550. The summed E-state index contributed by atoms with van der Waals surface area (Å²) in [4.78, 5) is 23.5. The molecule has 0 saturated carbocycles. The highest BCUT2D eigenvalue weighted by atomic mass is 32.2. The van der Waals surface area contributed by atoms with E-state index in [2.05, 4.69) is 0 Å². The van der Waals surface area contributed by atoms with Gasteiger partial charge in [0, 0.05) is 5.75 Å². The number of Topliss-reactive ketones (excluding diaryl/α,β-unsaturated/α-hetero) is 1. The number of ether oxygens (including phenoxy) is 2. The molecule has 0 bridgehead atoms. The molecule has 5 heteroatoms. The van der Waals surface area contributed by atoms with Crippen molar-refractivity contribution < 1.29 is 19.1 Å². The second-order valence-corrected chi connectivity index (χ2v) is 5.27. The molecule has 2 atom stereocenters. The number of ketones is 1. The first-order chi connectivity index (χ1) is 7.69. The van der Waals surface area contributed by atoms with Crippen LogP contribution in [0.2, 0.25) is 0 Å². The van der Waals surface area contributed by atoms with E-state index in [1.807, 2.05) is 0 Å². The van der Waals surface area contributed by atoms with E-state index in [0.29, 0.717) is 6.61 Å². The molecule has 0 aromatic carbocycles. The van der Waals surface area contributed by atoms with Crippen molar-refractivity contribution in [3.8, 4) is 0 Å². The van der Waals surface area contributed by atoms with E-state index in [1.54, 1.807) is 18.7 Å². The van der Waals surface area contributed by atoms with E-state index >= 15 is 0 Å². The monoisotopic (exact) mass is 244 g/mol. The average molecular weight is 244 g/mol. The largest absolute Gasteiger partial charge is 0.465 e. The van der Waals surface area contributed by atoms with Crippen molar-refractivity contribution in [3.05, 3.63) is 0 Å². The first kappa shape index (κ1) is 11.9. The minimum absolute atomic E-state index is 0.0596. The summed E-state index contributed by atoms with van der Waals surface area (Å²) in [5, 5.41) is 0. The van der Waals surface area contributed by atoms with Gasteiger partial charge in [0.25, 0.3) is 0 Å². The number of hydrogen-bond acceptors (Lipinski definition) is 5. The summed E-state index contributed by atoms with van der Waals surface area (Å²) in [5.41, 5.74) is -0.577. The van der Waals surface area contributed by atoms with Gasteiger partial charge in [0.2, 0.25) is 0 Å². The minimum Gasteiger partial charge on any atom is -0.465 e. The van der Waals surface area contributed by atoms with Crippen molar-refractivity contribution in [3.63, 3.8) is 0 Å². The van der Waals surface area contributed by atoms with Gasteiger partial charge < -0.3 is 9.47 Å². The summed E-state index contributed by atoms with van der Waals surface area (Å²) < 4.78 is 10.6. The second-order valence-electron chi connectivity index (χ2n) is 4.16. The van der Waals surface area contributed by atoms with Crippen molar-refractivity contribution in [2.45, 2.75) is 25.4 Å². The van der Waals surface area contributed by atoms with Crippen LogP contribution in [0.5, 0.6) is 0 Å². The molecule has 1 spiro atoms. The van der Waals surface area contributed by atoms with Gasteiger partial charge in [-0.1, -0.05) is 0 Å². The van der Waals surface area contributed by atoms with Crippen LogP contribution in [0.3, 0.4) is 0 Å². The third-order valence-corrected chi connectivity index (χ3v) is 4.38. The summed E-state index contributed by atoms with van der Waals surface area (Å²) in [6.07, 6.45) is 1.78. The van der Waals surface area contributed by atoms with Crippen molar-refractivity contribution in [1.82, 2.24) is 0 Å². The molecule has 2 fully saturated rings. The topological polar surface area (TPSA) is 52.6 Å². The Morgan fingerprint density at radius 1 is 1.69 bits per heavy atom. The molecule has 2 rings (SSSR count). The molecule has 0 radical (unpaired) electrons. The molecule has 2 aliphatic heterocycles. The lowest BCUT2D eigenvalue weighted by Crippen LogP contribution is -2.46. The second kappa shape index (κ2) is 4.75. The van der Waals surface area contributed by atoms with E-state index in [-0.39, 0.29) is 12.4 Å². The molecule has 2 aliphatic rings. The van der Waals surface area contributed by atoms with Crippen molar-refractivity contribution in [1.29, 1.82) is 0 Å². The zero-order valence-corrected chi connectivity index (χ0v) is 10.2. The van der Waals surface area contributed by atoms with Gasteiger partial charge in [0.15, 0.2) is 5.78 Å². The molecular weight excluding hydrogens is 228 g/mol. The number of rotatable bonds is 2. The van der Waals surface area contributed by atoms with Gasteiger partial charge >= 0.3 is 5.97 Å². The lowest BCUT2D eigenvalue weighted by Gasteiger charge is -2.35. The molecule has 2 heterocycles. The SMILES string of the molecule is CCOC(=O)C1C(=O)COC12CCCSC2. The Bertz CT molecular complexity index is 296. The molecule has 16 heavy (non-hydrogen) atoms. The highest BCUT2D eigenvalue weighted by Crippen LogP contribution is 2.41. The van der Waals surface area contributed by atoms with Crippen LogP contribution in [0.15, 0.2) is 0 Å². The summed E-state index contributed by atoms with van der Waals surface area (Å²) >= 11 is 1.75. The van der Waals surface area contributed by atoms with Gasteiger partial charge in [-0.3, -0.25) is 9.59 Å². The van der Waals surface area contributed by atoms with Crippen LogP contribution >= 0.6 is 11.8 Å². The number of esters is 1. The molecular formula is C11H16O4S. The normalized spacial score (nSPS) is 34.3. The Morgan fingerprint density at radius 2 is 2.50 bits per heavy atom. The van der Waals surface area contributed by atoms with Crippen molar-refractivity contribution >= 4 is 23.5 Å². The fourth-order valence-corrected chi connectivity index (χ4v) is 3.61. The Kier molecular flexibility index (Phi) is 3.54. The summed E-state index contributed by atoms with van der Waals surface area (Å²) in [6.45, 7) is 2.12. The Labute approximate surface area is 99.1 Å². The van der Waals surface area contributed by atoms with Crippen LogP contribution in [0.4, 0.5) is 0 Å². The van der Waals surface area contributed by atoms with E-state index in [1.165, 1.54) is 0 Å². The van der Waals surface area contributed by atoms with Crippen LogP contribution in [-0.2, 0) is 19.1 Å². The maximum absolute atomic E-state index is 11.8.